The third kappa shape index (κ3) is 6.20. The van der Waals surface area contributed by atoms with Gasteiger partial charge >= 0.3 is 0 Å². The molecule has 0 unspecified atom stereocenters. The van der Waals surface area contributed by atoms with Crippen molar-refractivity contribution in [2.24, 2.45) is 5.10 Å². The first kappa shape index (κ1) is 23.5. The number of carbonyl (C=O) groups is 2. The monoisotopic (exact) mass is 445 g/mol. The number of nitrogens with one attached hydrogen (secondary N) is 2. The third-order valence-electron chi connectivity index (χ3n) is 5.10. The Bertz CT molecular complexity index is 1080. The molecule has 7 nitrogen and oxygen atoms in total. The van der Waals surface area contributed by atoms with E-state index in [2.05, 4.69) is 15.8 Å². The molecule has 33 heavy (non-hydrogen) atoms. The molecule has 0 bridgehead atoms. The number of nitrogens with zero attached hydrogens (tertiary/aromatic N) is 1. The zero-order valence-corrected chi connectivity index (χ0v) is 18.9. The fourth-order valence-corrected chi connectivity index (χ4v) is 3.37. The molecular formula is C26H27N3O4. The summed E-state index contributed by atoms with van der Waals surface area (Å²) in [6, 6.07) is 24.3. The standard InChI is InChI=1S/C26H27N3O4/c1-18(21-14-15-22(32-2)23(16-21)33-3)28-29-24(30)17-27-26(31)25(19-10-6-4-7-11-19)20-12-8-5-9-13-20/h4-16,25H,17H2,1-3H3,(H,27,31)(H,29,30)/b28-18+. The van der Waals surface area contributed by atoms with Crippen molar-refractivity contribution in [3.8, 4) is 11.5 Å². The second-order valence-corrected chi connectivity index (χ2v) is 7.27. The Labute approximate surface area is 193 Å². The molecule has 3 rings (SSSR count). The van der Waals surface area contributed by atoms with Crippen LogP contribution in [0, 0.1) is 0 Å². The molecule has 0 aliphatic rings. The van der Waals surface area contributed by atoms with Gasteiger partial charge in [0.25, 0.3) is 5.91 Å². The van der Waals surface area contributed by atoms with Gasteiger partial charge < -0.3 is 14.8 Å². The number of amides is 2. The highest BCUT2D eigenvalue weighted by atomic mass is 16.5. The first-order valence-corrected chi connectivity index (χ1v) is 10.5. The number of methoxy groups -OCH3 is 2. The van der Waals surface area contributed by atoms with E-state index in [-0.39, 0.29) is 12.5 Å². The highest BCUT2D eigenvalue weighted by Crippen LogP contribution is 2.28. The third-order valence-corrected chi connectivity index (χ3v) is 5.10. The van der Waals surface area contributed by atoms with Crippen LogP contribution in [0.3, 0.4) is 0 Å². The summed E-state index contributed by atoms with van der Waals surface area (Å²) in [6.07, 6.45) is 0. The smallest absolute Gasteiger partial charge is 0.259 e. The van der Waals surface area contributed by atoms with Crippen LogP contribution in [0.15, 0.2) is 84.0 Å². The molecule has 0 fully saturated rings. The van der Waals surface area contributed by atoms with Gasteiger partial charge in [-0.05, 0) is 36.2 Å². The van der Waals surface area contributed by atoms with Crippen molar-refractivity contribution < 1.29 is 19.1 Å². The Hall–Kier alpha value is -4.13. The van der Waals surface area contributed by atoms with Gasteiger partial charge in [0.05, 0.1) is 32.4 Å². The Morgan fingerprint density at radius 2 is 1.42 bits per heavy atom. The van der Waals surface area contributed by atoms with Crippen molar-refractivity contribution in [3.63, 3.8) is 0 Å². The molecule has 7 heteroatoms. The fraction of sp³-hybridized carbons (Fsp3) is 0.192. The summed E-state index contributed by atoms with van der Waals surface area (Å²) in [4.78, 5) is 25.3. The van der Waals surface area contributed by atoms with Crippen molar-refractivity contribution >= 4 is 17.5 Å². The van der Waals surface area contributed by atoms with Gasteiger partial charge in [0.15, 0.2) is 11.5 Å². The van der Waals surface area contributed by atoms with Crippen LogP contribution in [0.5, 0.6) is 11.5 Å². The van der Waals surface area contributed by atoms with Crippen LogP contribution in [0.2, 0.25) is 0 Å². The van der Waals surface area contributed by atoms with Gasteiger partial charge in [-0.2, -0.15) is 5.10 Å². The molecule has 0 aliphatic heterocycles. The lowest BCUT2D eigenvalue weighted by Crippen LogP contribution is -2.38. The lowest BCUT2D eigenvalue weighted by Gasteiger charge is -2.17. The molecule has 0 aromatic heterocycles. The molecule has 2 N–H and O–H groups in total. The normalized spacial score (nSPS) is 11.1. The number of rotatable bonds is 9. The first-order valence-electron chi connectivity index (χ1n) is 10.5. The predicted molar refractivity (Wildman–Crippen MR) is 128 cm³/mol. The summed E-state index contributed by atoms with van der Waals surface area (Å²) >= 11 is 0. The van der Waals surface area contributed by atoms with Crippen molar-refractivity contribution in [1.82, 2.24) is 10.7 Å². The molecule has 0 spiro atoms. The number of carbonyl (C=O) groups excluding carboxylic acids is 2. The molecule has 0 aliphatic carbocycles. The van der Waals surface area contributed by atoms with Gasteiger partial charge in [-0.15, -0.1) is 0 Å². The minimum absolute atomic E-state index is 0.197. The van der Waals surface area contributed by atoms with E-state index >= 15 is 0 Å². The maximum atomic E-state index is 13.0. The van der Waals surface area contributed by atoms with Gasteiger partial charge in [0, 0.05) is 5.56 Å². The maximum absolute atomic E-state index is 13.0. The lowest BCUT2D eigenvalue weighted by molar-refractivity contribution is -0.126. The van der Waals surface area contributed by atoms with Crippen LogP contribution in [-0.2, 0) is 9.59 Å². The van der Waals surface area contributed by atoms with Gasteiger partial charge in [-0.25, -0.2) is 5.43 Å². The van der Waals surface area contributed by atoms with Crippen LogP contribution in [0.25, 0.3) is 0 Å². The van der Waals surface area contributed by atoms with Crippen molar-refractivity contribution in [1.29, 1.82) is 0 Å². The molecule has 3 aromatic carbocycles. The zero-order valence-electron chi connectivity index (χ0n) is 18.9. The topological polar surface area (TPSA) is 89.0 Å². The number of hydrogen-bond acceptors (Lipinski definition) is 5. The SMILES string of the molecule is COc1ccc(/C(C)=N/NC(=O)CNC(=O)C(c2ccccc2)c2ccccc2)cc1OC. The van der Waals surface area contributed by atoms with E-state index in [1.165, 1.54) is 0 Å². The van der Waals surface area contributed by atoms with Crippen LogP contribution in [-0.4, -0.2) is 38.3 Å². The average Bonchev–Trinajstić information content (AvgIpc) is 2.87. The minimum atomic E-state index is -0.516. The fourth-order valence-electron chi connectivity index (χ4n) is 3.37. The summed E-state index contributed by atoms with van der Waals surface area (Å²) in [7, 11) is 3.11. The van der Waals surface area contributed by atoms with E-state index in [1.54, 1.807) is 33.3 Å². The molecule has 0 atom stereocenters. The molecule has 3 aromatic rings. The molecule has 2 amide bonds. The summed E-state index contributed by atoms with van der Waals surface area (Å²) in [5, 5.41) is 6.85. The summed E-state index contributed by atoms with van der Waals surface area (Å²) in [6.45, 7) is 1.57. The van der Waals surface area contributed by atoms with Gasteiger partial charge in [0.2, 0.25) is 5.91 Å². The minimum Gasteiger partial charge on any atom is -0.493 e. The van der Waals surface area contributed by atoms with Crippen LogP contribution < -0.4 is 20.2 Å². The van der Waals surface area contributed by atoms with E-state index in [0.29, 0.717) is 17.2 Å². The van der Waals surface area contributed by atoms with Gasteiger partial charge in [0.1, 0.15) is 0 Å². The summed E-state index contributed by atoms with van der Waals surface area (Å²) in [5.41, 5.74) is 5.54. The zero-order chi connectivity index (χ0) is 23.6. The van der Waals surface area contributed by atoms with Crippen LogP contribution in [0.4, 0.5) is 0 Å². The Morgan fingerprint density at radius 3 is 1.97 bits per heavy atom. The predicted octanol–water partition coefficient (Wildman–Crippen LogP) is 3.49. The summed E-state index contributed by atoms with van der Waals surface area (Å²) < 4.78 is 10.5. The second kappa shape index (κ2) is 11.5. The van der Waals surface area contributed by atoms with E-state index in [0.717, 1.165) is 16.7 Å². The van der Waals surface area contributed by atoms with Gasteiger partial charge in [-0.1, -0.05) is 60.7 Å². The van der Waals surface area contributed by atoms with Crippen molar-refractivity contribution in [3.05, 3.63) is 95.6 Å². The van der Waals surface area contributed by atoms with Crippen molar-refractivity contribution in [2.45, 2.75) is 12.8 Å². The molecule has 0 saturated carbocycles. The lowest BCUT2D eigenvalue weighted by atomic mass is 9.90. The van der Waals surface area contributed by atoms with Crippen LogP contribution in [0.1, 0.15) is 29.5 Å². The Kier molecular flexibility index (Phi) is 8.18. The number of hydrazone groups is 1. The maximum Gasteiger partial charge on any atom is 0.259 e. The van der Waals surface area contributed by atoms with E-state index in [4.69, 9.17) is 9.47 Å². The molecule has 0 saturated heterocycles. The number of ether oxygens (including phenoxy) is 2. The largest absolute Gasteiger partial charge is 0.493 e. The van der Waals surface area contributed by atoms with Gasteiger partial charge in [-0.3, -0.25) is 9.59 Å². The molecule has 0 heterocycles. The Morgan fingerprint density at radius 1 is 0.848 bits per heavy atom. The van der Waals surface area contributed by atoms with E-state index in [9.17, 15) is 9.59 Å². The molecule has 170 valence electrons. The number of benzene rings is 3. The van der Waals surface area contributed by atoms with Crippen LogP contribution >= 0.6 is 0 Å². The highest BCUT2D eigenvalue weighted by molar-refractivity contribution is 6.00. The Balaban J connectivity index is 1.64. The van der Waals surface area contributed by atoms with E-state index < -0.39 is 11.8 Å². The number of hydrogen-bond donors (Lipinski definition) is 2. The highest BCUT2D eigenvalue weighted by Gasteiger charge is 2.22. The first-order chi connectivity index (χ1) is 16.0. The quantitative estimate of drug-likeness (QED) is 0.390. The average molecular weight is 446 g/mol. The molecular weight excluding hydrogens is 418 g/mol. The van der Waals surface area contributed by atoms with E-state index in [1.807, 2.05) is 66.7 Å². The second-order valence-electron chi connectivity index (χ2n) is 7.27. The summed E-state index contributed by atoms with van der Waals surface area (Å²) in [5.74, 6) is -0.0356. The molecule has 0 radical (unpaired) electrons. The van der Waals surface area contributed by atoms with Crippen molar-refractivity contribution in [2.75, 3.05) is 20.8 Å².